The fraction of sp³-hybridized carbons (Fsp3) is 0.500. The lowest BCUT2D eigenvalue weighted by atomic mass is 9.57. The van der Waals surface area contributed by atoms with Crippen LogP contribution in [0.15, 0.2) is 0 Å². The Labute approximate surface area is 97.8 Å². The first kappa shape index (κ1) is 10.0. The van der Waals surface area contributed by atoms with Crippen molar-refractivity contribution in [1.29, 1.82) is 0 Å². The molecule has 2 saturated heterocycles. The van der Waals surface area contributed by atoms with Gasteiger partial charge in [-0.05, 0) is 0 Å². The van der Waals surface area contributed by atoms with E-state index in [0.717, 1.165) is 0 Å². The lowest BCUT2D eigenvalue weighted by molar-refractivity contribution is -0.158. The second kappa shape index (κ2) is 2.41. The number of cyclic esters (lactones) is 4. The summed E-state index contributed by atoms with van der Waals surface area (Å²) in [5, 5.41) is 0. The molecule has 6 nitrogen and oxygen atoms in total. The minimum Gasteiger partial charge on any atom is -0.391 e. The van der Waals surface area contributed by atoms with Gasteiger partial charge in [-0.25, -0.2) is 9.59 Å². The van der Waals surface area contributed by atoms with Crippen LogP contribution in [0.3, 0.4) is 0 Å². The second-order valence-corrected chi connectivity index (χ2v) is 5.07. The van der Waals surface area contributed by atoms with Crippen molar-refractivity contribution < 1.29 is 28.7 Å². The molecule has 0 unspecified atom stereocenters. The van der Waals surface area contributed by atoms with E-state index in [4.69, 9.17) is 23.2 Å². The number of fused-ring (bicyclic) bond motifs is 4. The minimum absolute atomic E-state index is 1.00. The number of halogens is 2. The Morgan fingerprint density at radius 2 is 1.12 bits per heavy atom. The first-order valence-corrected chi connectivity index (χ1v) is 5.00. The van der Waals surface area contributed by atoms with E-state index in [1.165, 1.54) is 0 Å². The lowest BCUT2D eigenvalue weighted by Crippen LogP contribution is -2.71. The summed E-state index contributed by atoms with van der Waals surface area (Å²) in [4.78, 5) is 41.6. The van der Waals surface area contributed by atoms with Crippen LogP contribution < -0.4 is 0 Å². The summed E-state index contributed by atoms with van der Waals surface area (Å²) in [5.74, 6) is -6.84. The molecule has 0 N–H and O–H groups in total. The SMILES string of the molecule is O=C1OC(=O)C2(Cl)C1C1(Cl)C(=O)OC(=O)C21. The third-order valence-corrected chi connectivity index (χ3v) is 4.35. The molecule has 0 atom stereocenters. The monoisotopic (exact) mass is 264 g/mol. The maximum Gasteiger partial charge on any atom is 0.336 e. The number of rotatable bonds is 0. The molecule has 8 heteroatoms. The van der Waals surface area contributed by atoms with Crippen LogP contribution in [-0.4, -0.2) is 33.6 Å². The van der Waals surface area contributed by atoms with Gasteiger partial charge >= 0.3 is 23.9 Å². The highest BCUT2D eigenvalue weighted by molar-refractivity contribution is 6.51. The zero-order valence-corrected chi connectivity index (χ0v) is 8.87. The Morgan fingerprint density at radius 3 is 1.44 bits per heavy atom. The van der Waals surface area contributed by atoms with Crippen LogP contribution in [0.4, 0.5) is 0 Å². The van der Waals surface area contributed by atoms with Crippen LogP contribution in [0.5, 0.6) is 0 Å². The molecule has 0 aromatic heterocycles. The number of esters is 4. The van der Waals surface area contributed by atoms with Crippen LogP contribution in [0, 0.1) is 11.8 Å². The van der Waals surface area contributed by atoms with Crippen LogP contribution in [0.1, 0.15) is 0 Å². The molecule has 1 aliphatic carbocycles. The van der Waals surface area contributed by atoms with Crippen molar-refractivity contribution in [2.75, 3.05) is 0 Å². The highest BCUT2D eigenvalue weighted by Gasteiger charge is 2.89. The number of ether oxygens (including phenoxy) is 2. The molecule has 3 fully saturated rings. The van der Waals surface area contributed by atoms with E-state index in [1.807, 2.05) is 0 Å². The molecule has 0 aromatic rings. The van der Waals surface area contributed by atoms with E-state index in [2.05, 4.69) is 9.47 Å². The molecule has 0 aromatic carbocycles. The summed E-state index contributed by atoms with van der Waals surface area (Å²) < 4.78 is 8.59. The number of hydrogen-bond donors (Lipinski definition) is 0. The number of carbonyl (C=O) groups is 4. The van der Waals surface area contributed by atoms with Gasteiger partial charge in [-0.2, -0.15) is 0 Å². The molecule has 0 amide bonds. The predicted octanol–water partition coefficient (Wildman–Crippen LogP) is -0.646. The largest absolute Gasteiger partial charge is 0.391 e. The maximum atomic E-state index is 11.4. The number of hydrogen-bond acceptors (Lipinski definition) is 6. The van der Waals surface area contributed by atoms with Crippen molar-refractivity contribution in [1.82, 2.24) is 0 Å². The van der Waals surface area contributed by atoms with E-state index >= 15 is 0 Å². The van der Waals surface area contributed by atoms with Crippen molar-refractivity contribution in [2.45, 2.75) is 9.75 Å². The van der Waals surface area contributed by atoms with Crippen molar-refractivity contribution in [3.63, 3.8) is 0 Å². The summed E-state index contributed by atoms with van der Waals surface area (Å²) >= 11 is 11.7. The van der Waals surface area contributed by atoms with Crippen LogP contribution in [0.25, 0.3) is 0 Å². The minimum atomic E-state index is -1.89. The Balaban J connectivity index is 2.20. The molecule has 1 saturated carbocycles. The molecule has 0 spiro atoms. The molecule has 2 heterocycles. The van der Waals surface area contributed by atoms with Gasteiger partial charge in [0.2, 0.25) is 0 Å². The fourth-order valence-electron chi connectivity index (χ4n) is 2.46. The first-order valence-electron chi connectivity index (χ1n) is 4.24. The van der Waals surface area contributed by atoms with Crippen molar-refractivity contribution in [3.8, 4) is 0 Å². The molecular formula is C8H2Cl2O6. The van der Waals surface area contributed by atoms with Gasteiger partial charge in [0.1, 0.15) is 11.8 Å². The quantitative estimate of drug-likeness (QED) is 0.329. The van der Waals surface area contributed by atoms with E-state index in [1.54, 1.807) is 0 Å². The molecule has 3 aliphatic rings. The average Bonchev–Trinajstić information content (AvgIpc) is 2.44. The van der Waals surface area contributed by atoms with E-state index in [0.29, 0.717) is 0 Å². The standard InChI is InChI=1S/C8H2Cl2O6/c9-7-1(3(11)15-5(7)13)8(10)2(7)4(12)16-6(8)14/h1-2H. The van der Waals surface area contributed by atoms with Gasteiger partial charge < -0.3 is 9.47 Å². The Hall–Kier alpha value is -1.14. The summed E-state index contributed by atoms with van der Waals surface area (Å²) in [6.45, 7) is 0. The molecule has 84 valence electrons. The van der Waals surface area contributed by atoms with Gasteiger partial charge in [0.05, 0.1) is 0 Å². The van der Waals surface area contributed by atoms with Gasteiger partial charge in [0.15, 0.2) is 9.75 Å². The number of alkyl halides is 2. The third-order valence-electron chi connectivity index (χ3n) is 3.16. The van der Waals surface area contributed by atoms with Gasteiger partial charge in [0, 0.05) is 0 Å². The molecular weight excluding hydrogens is 263 g/mol. The van der Waals surface area contributed by atoms with Crippen LogP contribution in [0.2, 0.25) is 0 Å². The normalized spacial score (nSPS) is 49.4. The van der Waals surface area contributed by atoms with Gasteiger partial charge in [0.25, 0.3) is 0 Å². The van der Waals surface area contributed by atoms with Gasteiger partial charge in [-0.1, -0.05) is 0 Å². The molecule has 3 rings (SSSR count). The molecule has 0 bridgehead atoms. The van der Waals surface area contributed by atoms with Crippen molar-refractivity contribution in [3.05, 3.63) is 0 Å². The van der Waals surface area contributed by atoms with Crippen molar-refractivity contribution in [2.24, 2.45) is 11.8 Å². The average molecular weight is 265 g/mol. The van der Waals surface area contributed by atoms with E-state index < -0.39 is 45.5 Å². The van der Waals surface area contributed by atoms with Crippen molar-refractivity contribution >= 4 is 47.1 Å². The molecule has 0 radical (unpaired) electrons. The lowest BCUT2D eigenvalue weighted by Gasteiger charge is -2.46. The highest BCUT2D eigenvalue weighted by Crippen LogP contribution is 2.66. The number of carbonyl (C=O) groups excluding carboxylic acids is 4. The first-order chi connectivity index (χ1) is 7.34. The zero-order valence-electron chi connectivity index (χ0n) is 7.36. The summed E-state index contributed by atoms with van der Waals surface area (Å²) in [6, 6.07) is 0. The van der Waals surface area contributed by atoms with E-state index in [9.17, 15) is 19.2 Å². The third kappa shape index (κ3) is 0.699. The summed E-state index contributed by atoms with van der Waals surface area (Å²) in [7, 11) is 0. The summed E-state index contributed by atoms with van der Waals surface area (Å²) in [6.07, 6.45) is 0. The molecule has 16 heavy (non-hydrogen) atoms. The van der Waals surface area contributed by atoms with Crippen LogP contribution >= 0.6 is 23.2 Å². The zero-order chi connectivity index (χ0) is 11.9. The maximum absolute atomic E-state index is 11.4. The Bertz CT molecular complexity index is 431. The Kier molecular flexibility index (Phi) is 1.51. The van der Waals surface area contributed by atoms with Gasteiger partial charge in [-0.3, -0.25) is 9.59 Å². The smallest absolute Gasteiger partial charge is 0.336 e. The molecule has 2 aliphatic heterocycles. The van der Waals surface area contributed by atoms with E-state index in [-0.39, 0.29) is 0 Å². The predicted molar refractivity (Wildman–Crippen MR) is 46.3 cm³/mol. The fourth-order valence-corrected chi connectivity index (χ4v) is 3.70. The van der Waals surface area contributed by atoms with Gasteiger partial charge in [-0.15, -0.1) is 23.2 Å². The highest BCUT2D eigenvalue weighted by atomic mass is 35.5. The topological polar surface area (TPSA) is 86.7 Å². The Morgan fingerprint density at radius 1 is 0.812 bits per heavy atom. The summed E-state index contributed by atoms with van der Waals surface area (Å²) in [5.41, 5.74) is 0. The van der Waals surface area contributed by atoms with Crippen LogP contribution in [-0.2, 0) is 28.7 Å². The second-order valence-electron chi connectivity index (χ2n) is 3.82.